The Kier molecular flexibility index (Phi) is 6.28. The maximum atomic E-state index is 13.0. The van der Waals surface area contributed by atoms with Crippen molar-refractivity contribution in [3.05, 3.63) is 18.2 Å². The van der Waals surface area contributed by atoms with Gasteiger partial charge in [0.15, 0.2) is 11.5 Å². The van der Waals surface area contributed by atoms with E-state index in [2.05, 4.69) is 15.9 Å². The SMILES string of the molecule is CC(F)CCN1CCN(CCN2CCN(c3cccc4c3OCCO4)CC2)C1=O. The summed E-state index contributed by atoms with van der Waals surface area (Å²) in [5, 5.41) is 0. The van der Waals surface area contributed by atoms with Gasteiger partial charge in [0, 0.05) is 58.9 Å². The molecule has 7 nitrogen and oxygen atoms in total. The van der Waals surface area contributed by atoms with Crippen LogP contribution in [0.2, 0.25) is 0 Å². The first-order valence-electron chi connectivity index (χ1n) is 10.7. The fourth-order valence-electron chi connectivity index (χ4n) is 4.16. The number of anilines is 1. The van der Waals surface area contributed by atoms with Gasteiger partial charge in [-0.15, -0.1) is 0 Å². The molecule has 1 aromatic carbocycles. The average Bonchev–Trinajstić information content (AvgIpc) is 3.10. The number of fused-ring (bicyclic) bond motifs is 1. The molecule has 2 saturated heterocycles. The van der Waals surface area contributed by atoms with Gasteiger partial charge in [0.2, 0.25) is 0 Å². The molecule has 1 aromatic rings. The Morgan fingerprint density at radius 3 is 2.45 bits per heavy atom. The zero-order chi connectivity index (χ0) is 20.2. The maximum absolute atomic E-state index is 13.0. The molecule has 2 fully saturated rings. The molecule has 1 atom stereocenters. The Balaban J connectivity index is 1.24. The smallest absolute Gasteiger partial charge is 0.320 e. The summed E-state index contributed by atoms with van der Waals surface area (Å²) in [7, 11) is 0. The molecule has 0 aromatic heterocycles. The zero-order valence-electron chi connectivity index (χ0n) is 17.2. The van der Waals surface area contributed by atoms with Crippen LogP contribution >= 0.6 is 0 Å². The first-order chi connectivity index (χ1) is 14.1. The van der Waals surface area contributed by atoms with Crippen molar-refractivity contribution in [1.29, 1.82) is 0 Å². The number of halogens is 1. The van der Waals surface area contributed by atoms with E-state index in [9.17, 15) is 9.18 Å². The summed E-state index contributed by atoms with van der Waals surface area (Å²) in [5.74, 6) is 1.69. The van der Waals surface area contributed by atoms with E-state index in [4.69, 9.17) is 9.47 Å². The van der Waals surface area contributed by atoms with Crippen LogP contribution < -0.4 is 14.4 Å². The number of amides is 2. The van der Waals surface area contributed by atoms with Crippen molar-refractivity contribution in [2.75, 3.05) is 77.0 Å². The van der Waals surface area contributed by atoms with Crippen molar-refractivity contribution in [2.24, 2.45) is 0 Å². The lowest BCUT2D eigenvalue weighted by atomic mass is 10.2. The van der Waals surface area contributed by atoms with E-state index >= 15 is 0 Å². The van der Waals surface area contributed by atoms with Gasteiger partial charge >= 0.3 is 6.03 Å². The van der Waals surface area contributed by atoms with E-state index in [1.165, 1.54) is 0 Å². The molecule has 29 heavy (non-hydrogen) atoms. The highest BCUT2D eigenvalue weighted by Gasteiger charge is 2.29. The Morgan fingerprint density at radius 1 is 0.966 bits per heavy atom. The number of rotatable bonds is 7. The van der Waals surface area contributed by atoms with Crippen molar-refractivity contribution in [1.82, 2.24) is 14.7 Å². The number of benzene rings is 1. The second kappa shape index (κ2) is 9.07. The van der Waals surface area contributed by atoms with Gasteiger partial charge in [-0.3, -0.25) is 4.90 Å². The van der Waals surface area contributed by atoms with Crippen molar-refractivity contribution in [3.8, 4) is 11.5 Å². The normalized spacial score (nSPS) is 21.0. The van der Waals surface area contributed by atoms with E-state index in [1.807, 2.05) is 17.0 Å². The lowest BCUT2D eigenvalue weighted by molar-refractivity contribution is 0.170. The number of nitrogens with zero attached hydrogens (tertiary/aromatic N) is 4. The standard InChI is InChI=1S/C21H31FN4O3/c1-17(22)5-6-25-13-14-26(21(25)27)12-9-23-7-10-24(11-8-23)18-3-2-4-19-20(18)29-16-15-28-19/h2-4,17H,5-16H2,1H3. The first kappa shape index (κ1) is 20.1. The van der Waals surface area contributed by atoms with E-state index in [1.54, 1.807) is 11.8 Å². The van der Waals surface area contributed by atoms with Gasteiger partial charge in [0.25, 0.3) is 0 Å². The molecule has 3 aliphatic heterocycles. The van der Waals surface area contributed by atoms with Crippen LogP contribution in [0.1, 0.15) is 13.3 Å². The number of carbonyl (C=O) groups excluding carboxylic acids is 1. The second-order valence-corrected chi connectivity index (χ2v) is 7.96. The summed E-state index contributed by atoms with van der Waals surface area (Å²) >= 11 is 0. The number of carbonyl (C=O) groups is 1. The third-order valence-electron chi connectivity index (χ3n) is 5.92. The quantitative estimate of drug-likeness (QED) is 0.694. The summed E-state index contributed by atoms with van der Waals surface area (Å²) in [5.41, 5.74) is 1.11. The van der Waals surface area contributed by atoms with Crippen LogP contribution in [0, 0.1) is 0 Å². The molecule has 0 saturated carbocycles. The number of alkyl halides is 1. The number of piperazine rings is 1. The molecule has 3 aliphatic rings. The molecule has 0 radical (unpaired) electrons. The zero-order valence-corrected chi connectivity index (χ0v) is 17.2. The summed E-state index contributed by atoms with van der Waals surface area (Å²) in [6.45, 7) is 10.1. The maximum Gasteiger partial charge on any atom is 0.320 e. The van der Waals surface area contributed by atoms with Crippen LogP contribution in [0.4, 0.5) is 14.9 Å². The third kappa shape index (κ3) is 4.69. The van der Waals surface area contributed by atoms with Gasteiger partial charge in [-0.1, -0.05) is 6.07 Å². The van der Waals surface area contributed by atoms with Crippen LogP contribution in [0.25, 0.3) is 0 Å². The van der Waals surface area contributed by atoms with Crippen molar-refractivity contribution in [3.63, 3.8) is 0 Å². The fraction of sp³-hybridized carbons (Fsp3) is 0.667. The fourth-order valence-corrected chi connectivity index (χ4v) is 4.16. The highest BCUT2D eigenvalue weighted by Crippen LogP contribution is 2.39. The van der Waals surface area contributed by atoms with Gasteiger partial charge in [-0.05, 0) is 25.5 Å². The molecule has 1 unspecified atom stereocenters. The minimum Gasteiger partial charge on any atom is -0.486 e. The molecule has 0 bridgehead atoms. The van der Waals surface area contributed by atoms with Gasteiger partial charge in [-0.25, -0.2) is 9.18 Å². The van der Waals surface area contributed by atoms with Gasteiger partial charge in [0.05, 0.1) is 11.9 Å². The second-order valence-electron chi connectivity index (χ2n) is 7.96. The van der Waals surface area contributed by atoms with Crippen LogP contribution in [0.5, 0.6) is 11.5 Å². The van der Waals surface area contributed by atoms with E-state index in [0.29, 0.717) is 32.7 Å². The number of para-hydroxylation sites is 1. The Morgan fingerprint density at radius 2 is 1.69 bits per heavy atom. The highest BCUT2D eigenvalue weighted by atomic mass is 19.1. The van der Waals surface area contributed by atoms with Crippen molar-refractivity contribution < 1.29 is 18.7 Å². The highest BCUT2D eigenvalue weighted by molar-refractivity contribution is 5.76. The monoisotopic (exact) mass is 406 g/mol. The molecule has 0 aliphatic carbocycles. The van der Waals surface area contributed by atoms with Crippen LogP contribution in [-0.2, 0) is 0 Å². The number of ether oxygens (including phenoxy) is 2. The minimum absolute atomic E-state index is 0.0531. The summed E-state index contributed by atoms with van der Waals surface area (Å²) < 4.78 is 24.6. The number of hydrogen-bond acceptors (Lipinski definition) is 5. The lowest BCUT2D eigenvalue weighted by Gasteiger charge is -2.37. The molecule has 4 rings (SSSR count). The number of hydrogen-bond donors (Lipinski definition) is 0. The van der Waals surface area contributed by atoms with Gasteiger partial charge in [-0.2, -0.15) is 0 Å². The molecular formula is C21H31FN4O3. The van der Waals surface area contributed by atoms with Crippen molar-refractivity contribution in [2.45, 2.75) is 19.5 Å². The van der Waals surface area contributed by atoms with Gasteiger partial charge < -0.3 is 24.2 Å². The van der Waals surface area contributed by atoms with Crippen molar-refractivity contribution >= 4 is 11.7 Å². The molecule has 0 spiro atoms. The molecule has 160 valence electrons. The van der Waals surface area contributed by atoms with Crippen LogP contribution in [0.15, 0.2) is 18.2 Å². The number of urea groups is 1. The molecular weight excluding hydrogens is 375 g/mol. The van der Waals surface area contributed by atoms with E-state index < -0.39 is 6.17 Å². The predicted octanol–water partition coefficient (Wildman–Crippen LogP) is 2.07. The summed E-state index contributed by atoms with van der Waals surface area (Å²) in [6.07, 6.45) is -0.445. The average molecular weight is 407 g/mol. The Bertz CT molecular complexity index is 709. The molecule has 0 N–H and O–H groups in total. The lowest BCUT2D eigenvalue weighted by Crippen LogP contribution is -2.49. The Hall–Kier alpha value is -2.22. The third-order valence-corrected chi connectivity index (χ3v) is 5.92. The molecule has 2 amide bonds. The molecule has 3 heterocycles. The topological polar surface area (TPSA) is 48.5 Å². The predicted molar refractivity (Wildman–Crippen MR) is 110 cm³/mol. The first-order valence-corrected chi connectivity index (χ1v) is 10.7. The van der Waals surface area contributed by atoms with E-state index in [-0.39, 0.29) is 6.03 Å². The van der Waals surface area contributed by atoms with E-state index in [0.717, 1.165) is 63.0 Å². The summed E-state index contributed by atoms with van der Waals surface area (Å²) in [6, 6.07) is 6.12. The van der Waals surface area contributed by atoms with Crippen LogP contribution in [-0.4, -0.2) is 99.0 Å². The minimum atomic E-state index is -0.861. The summed E-state index contributed by atoms with van der Waals surface area (Å²) in [4.78, 5) is 20.9. The molecule has 8 heteroatoms. The van der Waals surface area contributed by atoms with Gasteiger partial charge in [0.1, 0.15) is 13.2 Å². The largest absolute Gasteiger partial charge is 0.486 e. The van der Waals surface area contributed by atoms with Crippen LogP contribution in [0.3, 0.4) is 0 Å². The Labute approximate surface area is 171 Å².